The predicted molar refractivity (Wildman–Crippen MR) is 90.9 cm³/mol. The van der Waals surface area contributed by atoms with Crippen LogP contribution in [0, 0.1) is 0 Å². The van der Waals surface area contributed by atoms with Gasteiger partial charge in [0.25, 0.3) is 0 Å². The summed E-state index contributed by atoms with van der Waals surface area (Å²) in [5, 5.41) is 2.89. The molecule has 0 aliphatic heterocycles. The second-order valence-corrected chi connectivity index (χ2v) is 5.22. The van der Waals surface area contributed by atoms with E-state index in [2.05, 4.69) is 10.3 Å². The lowest BCUT2D eigenvalue weighted by atomic mass is 10.2. The van der Waals surface area contributed by atoms with Crippen molar-refractivity contribution in [3.63, 3.8) is 0 Å². The van der Waals surface area contributed by atoms with Crippen molar-refractivity contribution in [1.29, 1.82) is 0 Å². The maximum Gasteiger partial charge on any atom is 0.246 e. The first-order valence-corrected chi connectivity index (χ1v) is 7.76. The molecule has 1 aromatic carbocycles. The van der Waals surface area contributed by atoms with E-state index in [0.717, 1.165) is 23.1 Å². The molecule has 1 amide bonds. The lowest BCUT2D eigenvalue weighted by Crippen LogP contribution is -2.24. The van der Waals surface area contributed by atoms with E-state index in [1.807, 2.05) is 62.4 Å². The second-order valence-electron chi connectivity index (χ2n) is 5.22. The van der Waals surface area contributed by atoms with Crippen LogP contribution in [0.5, 0.6) is 5.88 Å². The minimum Gasteiger partial charge on any atom is -0.473 e. The van der Waals surface area contributed by atoms with Crippen LogP contribution in [-0.4, -0.2) is 10.9 Å². The van der Waals surface area contributed by atoms with E-state index in [9.17, 15) is 4.79 Å². The number of carbonyl (C=O) groups excluding carboxylic acids is 1. The van der Waals surface area contributed by atoms with E-state index >= 15 is 0 Å². The fourth-order valence-electron chi connectivity index (χ4n) is 2.13. The number of hydrogen-bond donors (Lipinski definition) is 1. The van der Waals surface area contributed by atoms with Crippen LogP contribution in [0.15, 0.2) is 60.3 Å². The lowest BCUT2D eigenvalue weighted by molar-refractivity contribution is -0.117. The van der Waals surface area contributed by atoms with Crippen LogP contribution in [0.3, 0.4) is 0 Å². The van der Waals surface area contributed by atoms with Gasteiger partial charge in [-0.1, -0.05) is 49.4 Å². The Morgan fingerprint density at radius 3 is 2.74 bits per heavy atom. The Hall–Kier alpha value is -2.62. The number of pyridine rings is 1. The van der Waals surface area contributed by atoms with Crippen molar-refractivity contribution in [2.45, 2.75) is 33.4 Å². The summed E-state index contributed by atoms with van der Waals surface area (Å²) >= 11 is 0. The molecular formula is C19H22N2O2. The molecule has 0 radical (unpaired) electrons. The average molecular weight is 310 g/mol. The maximum absolute atomic E-state index is 12.0. The number of allylic oxidation sites excluding steroid dienone is 1. The zero-order chi connectivity index (χ0) is 16.5. The Morgan fingerprint density at radius 1 is 1.22 bits per heavy atom. The molecule has 0 bridgehead atoms. The third kappa shape index (κ3) is 5.25. The zero-order valence-electron chi connectivity index (χ0n) is 13.6. The van der Waals surface area contributed by atoms with E-state index in [4.69, 9.17) is 4.74 Å². The average Bonchev–Trinajstić information content (AvgIpc) is 2.59. The van der Waals surface area contributed by atoms with Crippen molar-refractivity contribution >= 4 is 5.91 Å². The molecule has 4 nitrogen and oxygen atoms in total. The molecule has 1 aromatic heterocycles. The highest BCUT2D eigenvalue weighted by Crippen LogP contribution is 2.16. The monoisotopic (exact) mass is 310 g/mol. The van der Waals surface area contributed by atoms with Gasteiger partial charge in [-0.3, -0.25) is 4.79 Å². The normalized spacial score (nSPS) is 11.1. The molecule has 2 rings (SSSR count). The molecule has 1 heterocycles. The highest BCUT2D eigenvalue weighted by atomic mass is 16.5. The van der Waals surface area contributed by atoms with Crippen molar-refractivity contribution in [3.8, 4) is 5.88 Å². The summed E-state index contributed by atoms with van der Waals surface area (Å²) in [5.74, 6) is 0.485. The van der Waals surface area contributed by atoms with Crippen molar-refractivity contribution in [3.05, 3.63) is 71.4 Å². The van der Waals surface area contributed by atoms with Crippen LogP contribution in [0.1, 0.15) is 31.4 Å². The molecule has 0 aliphatic carbocycles. The molecular weight excluding hydrogens is 288 g/mol. The maximum atomic E-state index is 12.0. The van der Waals surface area contributed by atoms with E-state index < -0.39 is 0 Å². The first-order chi connectivity index (χ1) is 11.2. The molecule has 23 heavy (non-hydrogen) atoms. The fraction of sp³-hybridized carbons (Fsp3) is 0.263. The predicted octanol–water partition coefficient (Wildman–Crippen LogP) is 3.63. The Labute approximate surface area is 137 Å². The zero-order valence-corrected chi connectivity index (χ0v) is 13.6. The Morgan fingerprint density at radius 2 is 2.00 bits per heavy atom. The van der Waals surface area contributed by atoms with Crippen LogP contribution in [0.4, 0.5) is 0 Å². The minimum atomic E-state index is -0.0651. The molecule has 0 spiro atoms. The number of nitrogens with zero attached hydrogens (tertiary/aromatic N) is 1. The van der Waals surface area contributed by atoms with Gasteiger partial charge in [0.05, 0.1) is 0 Å². The first kappa shape index (κ1) is 16.7. The van der Waals surface area contributed by atoms with Gasteiger partial charge in [-0.15, -0.1) is 0 Å². The summed E-state index contributed by atoms with van der Waals surface area (Å²) < 4.78 is 5.79. The smallest absolute Gasteiger partial charge is 0.246 e. The summed E-state index contributed by atoms with van der Waals surface area (Å²) in [6.45, 7) is 4.67. The van der Waals surface area contributed by atoms with E-state index in [1.54, 1.807) is 6.20 Å². The van der Waals surface area contributed by atoms with Gasteiger partial charge in [0.15, 0.2) is 0 Å². The number of hydrogen-bond acceptors (Lipinski definition) is 3. The molecule has 2 aromatic rings. The number of rotatable bonds is 7. The summed E-state index contributed by atoms with van der Waals surface area (Å²) in [6.07, 6.45) is 4.44. The van der Waals surface area contributed by atoms with Gasteiger partial charge in [0.2, 0.25) is 11.8 Å². The van der Waals surface area contributed by atoms with Crippen molar-refractivity contribution in [2.24, 2.45) is 0 Å². The summed E-state index contributed by atoms with van der Waals surface area (Å²) in [5.41, 5.74) is 2.67. The van der Waals surface area contributed by atoms with Gasteiger partial charge >= 0.3 is 0 Å². The Kier molecular flexibility index (Phi) is 6.36. The summed E-state index contributed by atoms with van der Waals surface area (Å²) in [6, 6.07) is 13.7. The topological polar surface area (TPSA) is 51.2 Å². The van der Waals surface area contributed by atoms with E-state index in [1.165, 1.54) is 0 Å². The van der Waals surface area contributed by atoms with Crippen LogP contribution >= 0.6 is 0 Å². The van der Waals surface area contributed by atoms with Gasteiger partial charge < -0.3 is 10.1 Å². The largest absolute Gasteiger partial charge is 0.473 e. The van der Waals surface area contributed by atoms with Gasteiger partial charge in [-0.2, -0.15) is 0 Å². The number of ether oxygens (including phenoxy) is 1. The molecule has 0 saturated heterocycles. The van der Waals surface area contributed by atoms with Crippen molar-refractivity contribution in [1.82, 2.24) is 10.3 Å². The van der Waals surface area contributed by atoms with Crippen LogP contribution in [-0.2, 0) is 17.9 Å². The Bertz CT molecular complexity index is 666. The van der Waals surface area contributed by atoms with Crippen molar-refractivity contribution in [2.75, 3.05) is 0 Å². The highest BCUT2D eigenvalue weighted by Gasteiger charge is 2.08. The van der Waals surface area contributed by atoms with Crippen LogP contribution < -0.4 is 10.1 Å². The first-order valence-electron chi connectivity index (χ1n) is 7.76. The number of benzene rings is 1. The molecule has 0 fully saturated rings. The minimum absolute atomic E-state index is 0.0651. The molecule has 0 atom stereocenters. The second kappa shape index (κ2) is 8.73. The molecule has 0 unspecified atom stereocenters. The number of carbonyl (C=O) groups is 1. The van der Waals surface area contributed by atoms with Crippen LogP contribution in [0.25, 0.3) is 0 Å². The fourth-order valence-corrected chi connectivity index (χ4v) is 2.13. The molecule has 0 saturated carbocycles. The molecule has 1 N–H and O–H groups in total. The standard InChI is InChI=1S/C19H22N2O2/c1-3-8-15(2)18(22)21-13-17-11-7-12-20-19(17)23-14-16-9-5-4-6-10-16/h4-12H,3,13-14H2,1-2H3,(H,21,22). The van der Waals surface area contributed by atoms with Gasteiger partial charge in [-0.05, 0) is 25.0 Å². The third-order valence-corrected chi connectivity index (χ3v) is 3.38. The highest BCUT2D eigenvalue weighted by molar-refractivity contribution is 5.92. The number of amides is 1. The summed E-state index contributed by atoms with van der Waals surface area (Å²) in [7, 11) is 0. The van der Waals surface area contributed by atoms with Gasteiger partial charge in [0.1, 0.15) is 6.61 Å². The Balaban J connectivity index is 1.97. The lowest BCUT2D eigenvalue weighted by Gasteiger charge is -2.11. The van der Waals surface area contributed by atoms with E-state index in [-0.39, 0.29) is 5.91 Å². The number of aromatic nitrogens is 1. The van der Waals surface area contributed by atoms with Crippen molar-refractivity contribution < 1.29 is 9.53 Å². The van der Waals surface area contributed by atoms with E-state index in [0.29, 0.717) is 19.0 Å². The van der Waals surface area contributed by atoms with Gasteiger partial charge in [-0.25, -0.2) is 4.98 Å². The quantitative estimate of drug-likeness (QED) is 0.794. The molecule has 4 heteroatoms. The SMILES string of the molecule is CCC=C(C)C(=O)NCc1cccnc1OCc1ccccc1. The van der Waals surface area contributed by atoms with Gasteiger partial charge in [0, 0.05) is 23.9 Å². The molecule has 0 aliphatic rings. The molecule has 120 valence electrons. The van der Waals surface area contributed by atoms with Crippen LogP contribution in [0.2, 0.25) is 0 Å². The summed E-state index contributed by atoms with van der Waals surface area (Å²) in [4.78, 5) is 16.2. The third-order valence-electron chi connectivity index (χ3n) is 3.38. The number of nitrogens with one attached hydrogen (secondary N) is 1.